The van der Waals surface area contributed by atoms with E-state index in [-0.39, 0.29) is 25.8 Å². The molecular weight excluding hydrogens is 746 g/mol. The summed E-state index contributed by atoms with van der Waals surface area (Å²) in [4.78, 5) is 25.1. The summed E-state index contributed by atoms with van der Waals surface area (Å²) in [5.41, 5.74) is 0. The standard InChI is InChI=1S/C49H96NO7P/c1-6-8-10-12-14-16-18-20-22-23-24-25-26-27-29-31-33-35-37-39-41-44-54-46-48(47-56-58(52,53)55-45-43-50(3,4)5)57-49(51)42-40-38-36-34-32-30-28-21-19-17-15-13-11-9-7-2/h21,28,41,44,48H,6-20,22-27,29-40,42-43,45-47H2,1-5H3/b28-21-,44-41?. The Morgan fingerprint density at radius 3 is 1.33 bits per heavy atom. The van der Waals surface area contributed by atoms with Crippen LogP contribution in [0.1, 0.15) is 232 Å². The van der Waals surface area contributed by atoms with Gasteiger partial charge in [0, 0.05) is 6.42 Å². The summed E-state index contributed by atoms with van der Waals surface area (Å²) in [6.07, 6.45) is 50.1. The van der Waals surface area contributed by atoms with Crippen molar-refractivity contribution in [1.82, 2.24) is 0 Å². The molecule has 0 aromatic heterocycles. The summed E-state index contributed by atoms with van der Waals surface area (Å²) in [5, 5.41) is 0. The van der Waals surface area contributed by atoms with E-state index in [2.05, 4.69) is 26.0 Å². The van der Waals surface area contributed by atoms with Gasteiger partial charge in [0.05, 0.1) is 34.0 Å². The van der Waals surface area contributed by atoms with E-state index in [4.69, 9.17) is 18.5 Å². The van der Waals surface area contributed by atoms with E-state index < -0.39 is 13.9 Å². The van der Waals surface area contributed by atoms with Crippen LogP contribution in [0.5, 0.6) is 0 Å². The summed E-state index contributed by atoms with van der Waals surface area (Å²) in [5.74, 6) is -0.362. The predicted octanol–water partition coefficient (Wildman–Crippen LogP) is 14.5. The maximum absolute atomic E-state index is 12.7. The molecule has 0 aliphatic carbocycles. The van der Waals surface area contributed by atoms with E-state index in [1.807, 2.05) is 27.2 Å². The summed E-state index contributed by atoms with van der Waals surface area (Å²) >= 11 is 0. The molecule has 0 aromatic carbocycles. The molecule has 0 rings (SSSR count). The molecule has 2 unspecified atom stereocenters. The first-order chi connectivity index (χ1) is 28.1. The van der Waals surface area contributed by atoms with Gasteiger partial charge in [-0.15, -0.1) is 0 Å². The van der Waals surface area contributed by atoms with Gasteiger partial charge in [0.15, 0.2) is 6.10 Å². The van der Waals surface area contributed by atoms with Crippen LogP contribution in [0.25, 0.3) is 0 Å². The quantitative estimate of drug-likeness (QED) is 0.0150. The average Bonchev–Trinajstić information content (AvgIpc) is 3.18. The van der Waals surface area contributed by atoms with Crippen molar-refractivity contribution < 1.29 is 37.3 Å². The number of unbranched alkanes of at least 4 members (excludes halogenated alkanes) is 30. The van der Waals surface area contributed by atoms with Crippen molar-refractivity contribution in [2.24, 2.45) is 0 Å². The lowest BCUT2D eigenvalue weighted by molar-refractivity contribution is -0.870. The van der Waals surface area contributed by atoms with Gasteiger partial charge >= 0.3 is 5.97 Å². The first kappa shape index (κ1) is 56.8. The lowest BCUT2D eigenvalue weighted by Crippen LogP contribution is -2.37. The molecular formula is C49H96NO7P. The van der Waals surface area contributed by atoms with Crippen LogP contribution < -0.4 is 4.89 Å². The van der Waals surface area contributed by atoms with E-state index >= 15 is 0 Å². The van der Waals surface area contributed by atoms with Gasteiger partial charge in [-0.05, 0) is 51.0 Å². The number of rotatable bonds is 46. The Hall–Kier alpha value is -1.18. The normalized spacial score (nSPS) is 13.8. The van der Waals surface area contributed by atoms with Crippen molar-refractivity contribution in [3.63, 3.8) is 0 Å². The first-order valence-electron chi connectivity index (χ1n) is 24.6. The van der Waals surface area contributed by atoms with Crippen molar-refractivity contribution >= 4 is 13.8 Å². The number of allylic oxidation sites excluding steroid dienone is 3. The molecule has 0 heterocycles. The highest BCUT2D eigenvalue weighted by Crippen LogP contribution is 2.38. The van der Waals surface area contributed by atoms with E-state index in [1.165, 1.54) is 167 Å². The zero-order valence-corrected chi connectivity index (χ0v) is 39.9. The number of ether oxygens (including phenoxy) is 2. The third kappa shape index (κ3) is 45.9. The van der Waals surface area contributed by atoms with E-state index in [0.29, 0.717) is 17.4 Å². The number of nitrogens with zero attached hydrogens (tertiary/aromatic N) is 1. The number of phosphoric acid groups is 1. The molecule has 0 spiro atoms. The van der Waals surface area contributed by atoms with Gasteiger partial charge in [0.2, 0.25) is 0 Å². The van der Waals surface area contributed by atoms with E-state index in [9.17, 15) is 14.3 Å². The second-order valence-electron chi connectivity index (χ2n) is 17.9. The van der Waals surface area contributed by atoms with Gasteiger partial charge in [-0.1, -0.05) is 193 Å². The van der Waals surface area contributed by atoms with Gasteiger partial charge in [-0.2, -0.15) is 0 Å². The molecule has 2 atom stereocenters. The topological polar surface area (TPSA) is 94.1 Å². The molecule has 0 saturated heterocycles. The summed E-state index contributed by atoms with van der Waals surface area (Å²) in [6.45, 7) is 4.75. The zero-order valence-electron chi connectivity index (χ0n) is 39.0. The molecule has 0 N–H and O–H groups in total. The van der Waals surface area contributed by atoms with Crippen LogP contribution in [0.4, 0.5) is 0 Å². The molecule has 0 aliphatic heterocycles. The van der Waals surface area contributed by atoms with Crippen LogP contribution in [0.3, 0.4) is 0 Å². The molecule has 9 heteroatoms. The minimum atomic E-state index is -4.54. The van der Waals surface area contributed by atoms with Crippen LogP contribution in [0, 0.1) is 0 Å². The Bertz CT molecular complexity index is 983. The maximum Gasteiger partial charge on any atom is 0.306 e. The van der Waals surface area contributed by atoms with Crippen molar-refractivity contribution in [3.05, 3.63) is 24.5 Å². The summed E-state index contributed by atoms with van der Waals surface area (Å²) < 4.78 is 34.4. The van der Waals surface area contributed by atoms with Crippen LogP contribution in [-0.2, 0) is 27.9 Å². The molecule has 0 bridgehead atoms. The van der Waals surface area contributed by atoms with Gasteiger partial charge in [0.25, 0.3) is 7.82 Å². The highest BCUT2D eigenvalue weighted by Gasteiger charge is 2.20. The molecule has 0 fully saturated rings. The molecule has 0 saturated carbocycles. The van der Waals surface area contributed by atoms with E-state index in [0.717, 1.165) is 44.9 Å². The molecule has 58 heavy (non-hydrogen) atoms. The SMILES string of the molecule is CCCCCCCC/C=C\CCCCCCCC(=O)OC(COC=CCCCCCCCCCCCCCCCCCCCCC)COP(=O)([O-])OCC[N+](C)(C)C. The number of quaternary nitrogens is 1. The largest absolute Gasteiger partial charge is 0.756 e. The van der Waals surface area contributed by atoms with Gasteiger partial charge < -0.3 is 27.9 Å². The molecule has 0 amide bonds. The van der Waals surface area contributed by atoms with Crippen LogP contribution in [0.15, 0.2) is 24.5 Å². The second-order valence-corrected chi connectivity index (χ2v) is 19.3. The highest BCUT2D eigenvalue weighted by atomic mass is 31.2. The van der Waals surface area contributed by atoms with Crippen molar-refractivity contribution in [2.45, 2.75) is 238 Å². The Labute approximate surface area is 360 Å². The highest BCUT2D eigenvalue weighted by molar-refractivity contribution is 7.45. The number of carbonyl (C=O) groups excluding carboxylic acids is 1. The van der Waals surface area contributed by atoms with Crippen LogP contribution in [-0.4, -0.2) is 64.1 Å². The number of esters is 1. The Kier molecular flexibility index (Phi) is 41.6. The minimum absolute atomic E-state index is 0.0168. The lowest BCUT2D eigenvalue weighted by atomic mass is 10.0. The maximum atomic E-state index is 12.7. The number of likely N-dealkylation sites (N-methyl/N-ethyl adjacent to an activating group) is 1. The molecule has 0 radical (unpaired) electrons. The third-order valence-corrected chi connectivity index (χ3v) is 11.8. The smallest absolute Gasteiger partial charge is 0.306 e. The zero-order chi connectivity index (χ0) is 42.7. The Morgan fingerprint density at radius 1 is 0.534 bits per heavy atom. The third-order valence-electron chi connectivity index (χ3n) is 10.8. The fraction of sp³-hybridized carbons (Fsp3) is 0.898. The fourth-order valence-electron chi connectivity index (χ4n) is 6.98. The number of carbonyl (C=O) groups is 1. The monoisotopic (exact) mass is 842 g/mol. The second kappa shape index (κ2) is 42.5. The lowest BCUT2D eigenvalue weighted by Gasteiger charge is -2.28. The summed E-state index contributed by atoms with van der Waals surface area (Å²) in [6, 6.07) is 0. The van der Waals surface area contributed by atoms with Crippen molar-refractivity contribution in [2.75, 3.05) is 47.5 Å². The average molecular weight is 842 g/mol. The van der Waals surface area contributed by atoms with Crippen molar-refractivity contribution in [1.29, 1.82) is 0 Å². The Balaban J connectivity index is 4.18. The van der Waals surface area contributed by atoms with Gasteiger partial charge in [-0.25, -0.2) is 0 Å². The van der Waals surface area contributed by atoms with E-state index in [1.54, 1.807) is 6.26 Å². The van der Waals surface area contributed by atoms with Crippen molar-refractivity contribution in [3.8, 4) is 0 Å². The molecule has 8 nitrogen and oxygen atoms in total. The Morgan fingerprint density at radius 2 is 0.914 bits per heavy atom. The van der Waals surface area contributed by atoms with Gasteiger partial charge in [-0.3, -0.25) is 9.36 Å². The fourth-order valence-corrected chi connectivity index (χ4v) is 7.71. The van der Waals surface area contributed by atoms with Crippen LogP contribution >= 0.6 is 7.82 Å². The molecule has 0 aromatic rings. The number of phosphoric ester groups is 1. The predicted molar refractivity (Wildman–Crippen MR) is 245 cm³/mol. The first-order valence-corrected chi connectivity index (χ1v) is 26.1. The van der Waals surface area contributed by atoms with Gasteiger partial charge in [0.1, 0.15) is 19.8 Å². The molecule has 344 valence electrons. The molecule has 0 aliphatic rings. The van der Waals surface area contributed by atoms with Crippen LogP contribution in [0.2, 0.25) is 0 Å². The summed E-state index contributed by atoms with van der Waals surface area (Å²) in [7, 11) is 1.33. The number of hydrogen-bond acceptors (Lipinski definition) is 7. The number of hydrogen-bond donors (Lipinski definition) is 0. The minimum Gasteiger partial charge on any atom is -0.756 e.